The lowest BCUT2D eigenvalue weighted by molar-refractivity contribution is 0.415. The van der Waals surface area contributed by atoms with Crippen molar-refractivity contribution in [3.8, 4) is 5.75 Å². The summed E-state index contributed by atoms with van der Waals surface area (Å²) in [6, 6.07) is 7.43. The van der Waals surface area contributed by atoms with Crippen LogP contribution in [-0.2, 0) is 4.57 Å². The van der Waals surface area contributed by atoms with Gasteiger partial charge in [0.05, 0.1) is 17.3 Å². The van der Waals surface area contributed by atoms with Gasteiger partial charge in [-0.05, 0) is 29.7 Å². The van der Waals surface area contributed by atoms with Gasteiger partial charge in [-0.1, -0.05) is 44.4 Å². The number of benzene rings is 1. The molecule has 0 aromatic heterocycles. The molecule has 2 atom stereocenters. The minimum Gasteiger partial charge on any atom is -0.497 e. The summed E-state index contributed by atoms with van der Waals surface area (Å²) in [4.78, 5) is 0.779. The number of thiocarbonyl (C=S) groups is 1. The predicted octanol–water partition coefficient (Wildman–Crippen LogP) is 3.93. The number of rotatable bonds is 2. The molecular weight excluding hydrogens is 309 g/mol. The van der Waals surface area contributed by atoms with E-state index in [4.69, 9.17) is 17.0 Å². The Bertz CT molecular complexity index is 566. The molecule has 0 saturated carbocycles. The molecule has 0 unspecified atom stereocenters. The van der Waals surface area contributed by atoms with E-state index in [1.165, 1.54) is 11.4 Å². The summed E-state index contributed by atoms with van der Waals surface area (Å²) in [6.45, 7) is 3.70. The highest BCUT2D eigenvalue weighted by Gasteiger charge is 2.49. The molecule has 1 saturated heterocycles. The molecule has 0 amide bonds. The van der Waals surface area contributed by atoms with Gasteiger partial charge in [0, 0.05) is 12.4 Å². The molecular formula is C14H20NO2PS2. The van der Waals surface area contributed by atoms with Crippen LogP contribution in [0.2, 0.25) is 0 Å². The molecule has 1 fully saturated rings. The average molecular weight is 329 g/mol. The van der Waals surface area contributed by atoms with E-state index in [0.29, 0.717) is 0 Å². The number of ether oxygens (including phenoxy) is 1. The first-order chi connectivity index (χ1) is 9.20. The van der Waals surface area contributed by atoms with E-state index < -0.39 is 6.49 Å². The third-order valence-corrected chi connectivity index (χ3v) is 10.4. The SMILES string of the molecule is COc1ccc([P@@]2(=O)S[C@H](C(C)(C)C)C(=S)N2C)cc1. The molecule has 1 aliphatic heterocycles. The first-order valence-electron chi connectivity index (χ1n) is 6.41. The fraction of sp³-hybridized carbons (Fsp3) is 0.500. The second-order valence-corrected chi connectivity index (χ2v) is 11.3. The molecule has 6 heteroatoms. The fourth-order valence-electron chi connectivity index (χ4n) is 2.09. The molecule has 3 nitrogen and oxygen atoms in total. The zero-order valence-corrected chi connectivity index (χ0v) is 14.9. The summed E-state index contributed by atoms with van der Waals surface area (Å²) < 4.78 is 20.3. The molecule has 0 bridgehead atoms. The number of hydrogen-bond donors (Lipinski definition) is 0. The van der Waals surface area contributed by atoms with E-state index in [2.05, 4.69) is 20.8 Å². The Balaban J connectivity index is 2.39. The maximum Gasteiger partial charge on any atom is 0.255 e. The van der Waals surface area contributed by atoms with Gasteiger partial charge in [-0.25, -0.2) is 0 Å². The largest absolute Gasteiger partial charge is 0.497 e. The van der Waals surface area contributed by atoms with Crippen molar-refractivity contribution in [3.63, 3.8) is 0 Å². The topological polar surface area (TPSA) is 29.5 Å². The zero-order valence-electron chi connectivity index (χ0n) is 12.4. The highest BCUT2D eigenvalue weighted by atomic mass is 32.7. The maximum atomic E-state index is 13.4. The second-order valence-electron chi connectivity index (χ2n) is 5.93. The van der Waals surface area contributed by atoms with Crippen LogP contribution in [0.1, 0.15) is 20.8 Å². The third-order valence-electron chi connectivity index (χ3n) is 3.37. The fourth-order valence-corrected chi connectivity index (χ4v) is 9.27. The molecule has 2 rings (SSSR count). The maximum absolute atomic E-state index is 13.4. The molecule has 0 N–H and O–H groups in total. The molecule has 110 valence electrons. The Morgan fingerprint density at radius 3 is 2.25 bits per heavy atom. The number of hydrogen-bond acceptors (Lipinski definition) is 4. The Kier molecular flexibility index (Phi) is 4.25. The van der Waals surface area contributed by atoms with Crippen molar-refractivity contribution in [1.29, 1.82) is 0 Å². The normalized spacial score (nSPS) is 26.9. The zero-order chi connectivity index (χ0) is 15.1. The van der Waals surface area contributed by atoms with Crippen LogP contribution in [0.5, 0.6) is 5.75 Å². The number of methoxy groups -OCH3 is 1. The van der Waals surface area contributed by atoms with Gasteiger partial charge in [-0.3, -0.25) is 4.57 Å². The standard InChI is InChI=1S/C14H20NO2PS2/c1-14(2,3)12-13(19)15(4)18(16,20-12)11-8-6-10(17-5)7-9-11/h6-9,12H,1-5H3/t12-,18+/m0/s1. The van der Waals surface area contributed by atoms with Crippen molar-refractivity contribution in [2.75, 3.05) is 14.2 Å². The lowest BCUT2D eigenvalue weighted by atomic mass is 9.91. The van der Waals surface area contributed by atoms with Crippen molar-refractivity contribution in [2.24, 2.45) is 5.41 Å². The Morgan fingerprint density at radius 2 is 1.85 bits per heavy atom. The van der Waals surface area contributed by atoms with E-state index in [0.717, 1.165) is 16.0 Å². The summed E-state index contributed by atoms with van der Waals surface area (Å²) in [5, 5.41) is 0.912. The lowest BCUT2D eigenvalue weighted by Gasteiger charge is -2.25. The molecule has 1 aromatic carbocycles. The van der Waals surface area contributed by atoms with Crippen LogP contribution in [0.4, 0.5) is 0 Å². The van der Waals surface area contributed by atoms with Gasteiger partial charge in [0.2, 0.25) is 0 Å². The second kappa shape index (κ2) is 5.36. The summed E-state index contributed by atoms with van der Waals surface area (Å²) in [5.74, 6) is 0.766. The lowest BCUT2D eigenvalue weighted by Crippen LogP contribution is -2.32. The molecule has 1 aliphatic rings. The quantitative estimate of drug-likeness (QED) is 0.606. The minimum absolute atomic E-state index is 0.00532. The van der Waals surface area contributed by atoms with E-state index in [9.17, 15) is 4.57 Å². The van der Waals surface area contributed by atoms with Crippen LogP contribution in [0, 0.1) is 5.41 Å². The third kappa shape index (κ3) is 2.63. The van der Waals surface area contributed by atoms with Gasteiger partial charge in [0.25, 0.3) is 6.49 Å². The van der Waals surface area contributed by atoms with Crippen LogP contribution < -0.4 is 10.0 Å². The molecule has 1 aromatic rings. The van der Waals surface area contributed by atoms with E-state index in [1.807, 2.05) is 31.3 Å². The van der Waals surface area contributed by atoms with Crippen molar-refractivity contribution in [2.45, 2.75) is 26.0 Å². The van der Waals surface area contributed by atoms with Gasteiger partial charge in [0.15, 0.2) is 0 Å². The molecule has 0 spiro atoms. The van der Waals surface area contributed by atoms with E-state index in [-0.39, 0.29) is 10.7 Å². The Labute approximate surface area is 130 Å². The van der Waals surface area contributed by atoms with Gasteiger partial charge in [-0.15, -0.1) is 0 Å². The average Bonchev–Trinajstić information content (AvgIpc) is 2.64. The Morgan fingerprint density at radius 1 is 1.30 bits per heavy atom. The van der Waals surface area contributed by atoms with Crippen LogP contribution in [0.3, 0.4) is 0 Å². The van der Waals surface area contributed by atoms with Gasteiger partial charge >= 0.3 is 0 Å². The van der Waals surface area contributed by atoms with Gasteiger partial charge in [0.1, 0.15) is 5.75 Å². The minimum atomic E-state index is -2.70. The summed E-state index contributed by atoms with van der Waals surface area (Å²) >= 11 is 7.02. The predicted molar refractivity (Wildman–Crippen MR) is 91.4 cm³/mol. The summed E-state index contributed by atoms with van der Waals surface area (Å²) in [7, 11) is 3.46. The van der Waals surface area contributed by atoms with Gasteiger partial charge < -0.3 is 9.41 Å². The van der Waals surface area contributed by atoms with Crippen molar-refractivity contribution < 1.29 is 9.30 Å². The molecule has 0 radical (unpaired) electrons. The van der Waals surface area contributed by atoms with Crippen molar-refractivity contribution >= 4 is 40.4 Å². The van der Waals surface area contributed by atoms with Crippen LogP contribution in [0.25, 0.3) is 0 Å². The first kappa shape index (κ1) is 15.9. The summed E-state index contributed by atoms with van der Waals surface area (Å²) in [6.07, 6.45) is 0. The monoisotopic (exact) mass is 329 g/mol. The van der Waals surface area contributed by atoms with Crippen molar-refractivity contribution in [3.05, 3.63) is 24.3 Å². The summed E-state index contributed by atoms with van der Waals surface area (Å²) in [5.41, 5.74) is -0.00532. The number of nitrogens with zero attached hydrogens (tertiary/aromatic N) is 1. The van der Waals surface area contributed by atoms with Crippen LogP contribution in [-0.4, -0.2) is 29.1 Å². The van der Waals surface area contributed by atoms with E-state index >= 15 is 0 Å². The molecule has 0 aliphatic carbocycles. The van der Waals surface area contributed by atoms with Crippen LogP contribution >= 0.6 is 30.1 Å². The van der Waals surface area contributed by atoms with E-state index in [1.54, 1.807) is 11.8 Å². The highest BCUT2D eigenvalue weighted by molar-refractivity contribution is 8.61. The molecule has 1 heterocycles. The van der Waals surface area contributed by atoms with Crippen LogP contribution in [0.15, 0.2) is 24.3 Å². The Hall–Kier alpha value is -0.510. The van der Waals surface area contributed by atoms with Gasteiger partial charge in [-0.2, -0.15) is 0 Å². The van der Waals surface area contributed by atoms with Crippen molar-refractivity contribution in [1.82, 2.24) is 4.67 Å². The molecule has 20 heavy (non-hydrogen) atoms. The highest BCUT2D eigenvalue weighted by Crippen LogP contribution is 2.69. The first-order valence-corrected chi connectivity index (χ1v) is 9.96. The smallest absolute Gasteiger partial charge is 0.255 e.